The molecule has 0 radical (unpaired) electrons. The average molecular weight is 361 g/mol. The molecule has 0 spiro atoms. The number of nitrogens with zero attached hydrogens (tertiary/aromatic N) is 2. The van der Waals surface area contributed by atoms with Gasteiger partial charge in [0.1, 0.15) is 0 Å². The number of carbonyl (C=O) groups is 1. The predicted molar refractivity (Wildman–Crippen MR) is 108 cm³/mol. The van der Waals surface area contributed by atoms with Gasteiger partial charge in [0.05, 0.1) is 11.6 Å². The summed E-state index contributed by atoms with van der Waals surface area (Å²) in [5.74, 6) is 0.797. The second-order valence-corrected chi connectivity index (χ2v) is 7.54. The van der Waals surface area contributed by atoms with Crippen LogP contribution in [0.3, 0.4) is 0 Å². The Labute approximate surface area is 161 Å². The highest BCUT2D eigenvalue weighted by molar-refractivity contribution is 5.90. The highest BCUT2D eigenvalue weighted by Gasteiger charge is 2.16. The molecule has 1 amide bonds. The maximum Gasteiger partial charge on any atom is 0.224 e. The molecule has 0 aromatic heterocycles. The van der Waals surface area contributed by atoms with E-state index in [1.165, 1.54) is 31.5 Å². The molecule has 1 saturated heterocycles. The number of aryl methyl sites for hydroxylation is 1. The third-order valence-electron chi connectivity index (χ3n) is 5.11. The van der Waals surface area contributed by atoms with Crippen LogP contribution in [0.4, 0.5) is 5.69 Å². The molecule has 0 aliphatic carbocycles. The van der Waals surface area contributed by atoms with Gasteiger partial charge in [-0.3, -0.25) is 9.69 Å². The minimum absolute atomic E-state index is 0.0111. The van der Waals surface area contributed by atoms with Crippen LogP contribution in [-0.2, 0) is 17.8 Å². The molecule has 2 aromatic rings. The molecule has 1 aliphatic heterocycles. The maximum atomic E-state index is 12.2. The summed E-state index contributed by atoms with van der Waals surface area (Å²) in [6.07, 6.45) is 3.72. The molecule has 1 aliphatic rings. The smallest absolute Gasteiger partial charge is 0.224 e. The molecule has 1 N–H and O–H groups in total. The monoisotopic (exact) mass is 361 g/mol. The van der Waals surface area contributed by atoms with Crippen molar-refractivity contribution in [2.24, 2.45) is 5.92 Å². The van der Waals surface area contributed by atoms with Crippen molar-refractivity contribution in [3.63, 3.8) is 0 Å². The van der Waals surface area contributed by atoms with Gasteiger partial charge in [-0.2, -0.15) is 5.26 Å². The van der Waals surface area contributed by atoms with E-state index in [0.29, 0.717) is 18.4 Å². The number of nitrogens with one attached hydrogen (secondary N) is 1. The van der Waals surface area contributed by atoms with Gasteiger partial charge in [-0.1, -0.05) is 31.2 Å². The number of amides is 1. The maximum absolute atomic E-state index is 12.2. The van der Waals surface area contributed by atoms with E-state index in [9.17, 15) is 4.79 Å². The van der Waals surface area contributed by atoms with Crippen molar-refractivity contribution in [2.45, 2.75) is 39.2 Å². The molecular formula is C23H27N3O. The SMILES string of the molecule is CC1CCCN(Cc2ccc(NC(=O)CCc3ccc(C#N)cc3)cc2)C1. The Balaban J connectivity index is 1.45. The summed E-state index contributed by atoms with van der Waals surface area (Å²) in [7, 11) is 0. The number of benzene rings is 2. The molecule has 140 valence electrons. The molecule has 1 fully saturated rings. The number of carbonyl (C=O) groups excluding carboxylic acids is 1. The van der Waals surface area contributed by atoms with Crippen LogP contribution in [0, 0.1) is 17.2 Å². The van der Waals surface area contributed by atoms with Crippen LogP contribution < -0.4 is 5.32 Å². The first-order valence-electron chi connectivity index (χ1n) is 9.72. The lowest BCUT2D eigenvalue weighted by Gasteiger charge is -2.30. The van der Waals surface area contributed by atoms with Crippen molar-refractivity contribution in [1.29, 1.82) is 5.26 Å². The first-order valence-corrected chi connectivity index (χ1v) is 9.72. The van der Waals surface area contributed by atoms with Gasteiger partial charge in [0.15, 0.2) is 0 Å². The van der Waals surface area contributed by atoms with E-state index in [1.807, 2.05) is 24.3 Å². The van der Waals surface area contributed by atoms with Gasteiger partial charge in [0.25, 0.3) is 0 Å². The second-order valence-electron chi connectivity index (χ2n) is 7.54. The zero-order valence-corrected chi connectivity index (χ0v) is 15.9. The number of likely N-dealkylation sites (tertiary alicyclic amines) is 1. The summed E-state index contributed by atoms with van der Waals surface area (Å²) in [5, 5.41) is 11.8. The fourth-order valence-corrected chi connectivity index (χ4v) is 3.61. The molecule has 1 heterocycles. The van der Waals surface area contributed by atoms with E-state index in [-0.39, 0.29) is 5.91 Å². The Bertz CT molecular complexity index is 790. The van der Waals surface area contributed by atoms with Gasteiger partial charge in [-0.25, -0.2) is 0 Å². The Hall–Kier alpha value is -2.64. The third kappa shape index (κ3) is 5.94. The van der Waals surface area contributed by atoms with Gasteiger partial charge >= 0.3 is 0 Å². The van der Waals surface area contributed by atoms with Crippen molar-refractivity contribution in [1.82, 2.24) is 4.90 Å². The fourth-order valence-electron chi connectivity index (χ4n) is 3.61. The van der Waals surface area contributed by atoms with Crippen molar-refractivity contribution in [3.05, 3.63) is 65.2 Å². The first-order chi connectivity index (χ1) is 13.1. The number of nitriles is 1. The number of rotatable bonds is 6. The second kappa shape index (κ2) is 9.34. The van der Waals surface area contributed by atoms with Crippen molar-refractivity contribution >= 4 is 11.6 Å². The van der Waals surface area contributed by atoms with Crippen LogP contribution in [0.5, 0.6) is 0 Å². The Kier molecular flexibility index (Phi) is 6.62. The Morgan fingerprint density at radius 3 is 2.52 bits per heavy atom. The van der Waals surface area contributed by atoms with E-state index in [2.05, 4.69) is 35.3 Å². The fraction of sp³-hybridized carbons (Fsp3) is 0.391. The first kappa shape index (κ1) is 19.1. The van der Waals surface area contributed by atoms with Crippen molar-refractivity contribution < 1.29 is 4.79 Å². The molecule has 1 atom stereocenters. The Morgan fingerprint density at radius 2 is 1.85 bits per heavy atom. The molecular weight excluding hydrogens is 334 g/mol. The highest BCUT2D eigenvalue weighted by atomic mass is 16.1. The summed E-state index contributed by atoms with van der Waals surface area (Å²) in [6.45, 7) is 5.66. The minimum Gasteiger partial charge on any atom is -0.326 e. The number of piperidine rings is 1. The van der Waals surface area contributed by atoms with Crippen LogP contribution in [0.15, 0.2) is 48.5 Å². The molecule has 1 unspecified atom stereocenters. The van der Waals surface area contributed by atoms with Gasteiger partial charge in [-0.05, 0) is 67.1 Å². The van der Waals surface area contributed by atoms with Crippen LogP contribution in [0.25, 0.3) is 0 Å². The van der Waals surface area contributed by atoms with E-state index in [1.54, 1.807) is 12.1 Å². The summed E-state index contributed by atoms with van der Waals surface area (Å²) in [4.78, 5) is 14.7. The zero-order valence-electron chi connectivity index (χ0n) is 15.9. The number of hydrogen-bond acceptors (Lipinski definition) is 3. The molecule has 27 heavy (non-hydrogen) atoms. The van der Waals surface area contributed by atoms with Crippen LogP contribution in [0.2, 0.25) is 0 Å². The topological polar surface area (TPSA) is 56.1 Å². The summed E-state index contributed by atoms with van der Waals surface area (Å²) in [6, 6.07) is 17.7. The molecule has 0 saturated carbocycles. The van der Waals surface area contributed by atoms with Crippen molar-refractivity contribution in [3.8, 4) is 6.07 Å². The molecule has 3 rings (SSSR count). The summed E-state index contributed by atoms with van der Waals surface area (Å²) in [5.41, 5.74) is 3.84. The quantitative estimate of drug-likeness (QED) is 0.831. The molecule has 2 aromatic carbocycles. The normalized spacial score (nSPS) is 17.3. The van der Waals surface area contributed by atoms with E-state index in [4.69, 9.17) is 5.26 Å². The summed E-state index contributed by atoms with van der Waals surface area (Å²) >= 11 is 0. The van der Waals surface area contributed by atoms with Gasteiger partial charge in [-0.15, -0.1) is 0 Å². The van der Waals surface area contributed by atoms with Crippen LogP contribution >= 0.6 is 0 Å². The lowest BCUT2D eigenvalue weighted by molar-refractivity contribution is -0.116. The molecule has 4 heteroatoms. The van der Waals surface area contributed by atoms with E-state index in [0.717, 1.165) is 23.7 Å². The van der Waals surface area contributed by atoms with E-state index >= 15 is 0 Å². The predicted octanol–water partition coefficient (Wildman–Crippen LogP) is 4.36. The van der Waals surface area contributed by atoms with Crippen LogP contribution in [0.1, 0.15) is 42.9 Å². The molecule has 4 nitrogen and oxygen atoms in total. The summed E-state index contributed by atoms with van der Waals surface area (Å²) < 4.78 is 0. The number of hydrogen-bond donors (Lipinski definition) is 1. The van der Waals surface area contributed by atoms with Gasteiger partial charge < -0.3 is 5.32 Å². The third-order valence-corrected chi connectivity index (χ3v) is 5.11. The van der Waals surface area contributed by atoms with Gasteiger partial charge in [0, 0.05) is 25.2 Å². The minimum atomic E-state index is 0.0111. The average Bonchev–Trinajstić information content (AvgIpc) is 2.68. The van der Waals surface area contributed by atoms with E-state index < -0.39 is 0 Å². The highest BCUT2D eigenvalue weighted by Crippen LogP contribution is 2.19. The lowest BCUT2D eigenvalue weighted by atomic mass is 10.00. The molecule has 0 bridgehead atoms. The standard InChI is InChI=1S/C23H27N3O/c1-18-3-2-14-26(16-18)17-21-8-11-22(12-9-21)25-23(27)13-10-19-4-6-20(15-24)7-5-19/h4-9,11-12,18H,2-3,10,13-14,16-17H2,1H3,(H,25,27). The lowest BCUT2D eigenvalue weighted by Crippen LogP contribution is -2.33. The largest absolute Gasteiger partial charge is 0.326 e. The van der Waals surface area contributed by atoms with Crippen LogP contribution in [-0.4, -0.2) is 23.9 Å². The van der Waals surface area contributed by atoms with Crippen molar-refractivity contribution in [2.75, 3.05) is 18.4 Å². The van der Waals surface area contributed by atoms with Gasteiger partial charge in [0.2, 0.25) is 5.91 Å². The Morgan fingerprint density at radius 1 is 1.15 bits per heavy atom. The zero-order chi connectivity index (χ0) is 19.1. The number of anilines is 1.